The van der Waals surface area contributed by atoms with Crippen molar-refractivity contribution in [1.82, 2.24) is 0 Å². The van der Waals surface area contributed by atoms with Gasteiger partial charge < -0.3 is 19.4 Å². The molecule has 0 saturated heterocycles. The summed E-state index contributed by atoms with van der Waals surface area (Å²) in [7, 11) is 0. The van der Waals surface area contributed by atoms with E-state index < -0.39 is 0 Å². The number of para-hydroxylation sites is 5. The van der Waals surface area contributed by atoms with E-state index in [1.165, 1.54) is 83.7 Å². The molecular weight excluding hydrogens is 752 g/mol. The van der Waals surface area contributed by atoms with Gasteiger partial charge in [0.15, 0.2) is 0 Å². The maximum absolute atomic E-state index is 7.35. The van der Waals surface area contributed by atoms with Gasteiger partial charge in [-0.15, -0.1) is 0 Å². The Kier molecular flexibility index (Phi) is 8.88. The van der Waals surface area contributed by atoms with E-state index in [2.05, 4.69) is 204 Å². The summed E-state index contributed by atoms with van der Waals surface area (Å²) >= 11 is 0. The lowest BCUT2D eigenvalue weighted by Gasteiger charge is -2.45. The van der Waals surface area contributed by atoms with Gasteiger partial charge in [0.25, 0.3) is 13.4 Å². The van der Waals surface area contributed by atoms with Gasteiger partial charge in [0, 0.05) is 57.3 Å². The predicted molar refractivity (Wildman–Crippen MR) is 264 cm³/mol. The number of hydrogen-bond acceptors (Lipinski definition) is 4. The molecular formula is C56H47B2N3O. The van der Waals surface area contributed by atoms with E-state index >= 15 is 0 Å². The molecule has 4 nitrogen and oxygen atoms in total. The van der Waals surface area contributed by atoms with Crippen LogP contribution in [0.5, 0.6) is 11.5 Å². The highest BCUT2D eigenvalue weighted by Gasteiger charge is 2.47. The molecule has 4 aliphatic rings. The van der Waals surface area contributed by atoms with Crippen molar-refractivity contribution in [2.24, 2.45) is 0 Å². The SMILES string of the molecule is CCCCc1cc2c3c(c1)N(c1ccccc1)c1ccccc1B3c1cc3c(cc1O2)N(c1ccccc1)c1cc(CCCC)cc2c1B3c1ccccc1N2c1ccccc1. The molecule has 0 amide bonds. The molecule has 0 atom stereocenters. The smallest absolute Gasteiger partial charge is 0.256 e. The van der Waals surface area contributed by atoms with E-state index in [1.807, 2.05) is 0 Å². The molecule has 0 unspecified atom stereocenters. The normalized spacial score (nSPS) is 13.7. The molecule has 12 rings (SSSR count). The maximum atomic E-state index is 7.35. The summed E-state index contributed by atoms with van der Waals surface area (Å²) in [5.41, 5.74) is 21.2. The Morgan fingerprint density at radius 1 is 0.371 bits per heavy atom. The zero-order valence-corrected chi connectivity index (χ0v) is 35.4. The minimum atomic E-state index is -0.00690. The van der Waals surface area contributed by atoms with Crippen molar-refractivity contribution < 1.29 is 4.74 Å². The molecule has 0 N–H and O–H groups in total. The van der Waals surface area contributed by atoms with E-state index in [9.17, 15) is 0 Å². The van der Waals surface area contributed by atoms with Crippen molar-refractivity contribution in [3.8, 4) is 11.5 Å². The van der Waals surface area contributed by atoms with Crippen LogP contribution in [-0.4, -0.2) is 13.4 Å². The molecule has 8 aromatic rings. The van der Waals surface area contributed by atoms with Gasteiger partial charge in [0.2, 0.25) is 0 Å². The highest BCUT2D eigenvalue weighted by Crippen LogP contribution is 2.47. The van der Waals surface area contributed by atoms with Gasteiger partial charge in [0.05, 0.1) is 0 Å². The third-order valence-electron chi connectivity index (χ3n) is 13.6. The van der Waals surface area contributed by atoms with Gasteiger partial charge in [-0.25, -0.2) is 0 Å². The average Bonchev–Trinajstić information content (AvgIpc) is 3.32. The molecule has 0 fully saturated rings. The fourth-order valence-electron chi connectivity index (χ4n) is 10.9. The lowest BCUT2D eigenvalue weighted by atomic mass is 9.30. The Morgan fingerprint density at radius 3 is 1.32 bits per heavy atom. The van der Waals surface area contributed by atoms with Crippen molar-refractivity contribution >= 4 is 97.4 Å². The van der Waals surface area contributed by atoms with Gasteiger partial charge in [-0.2, -0.15) is 0 Å². The predicted octanol–water partition coefficient (Wildman–Crippen LogP) is 10.9. The van der Waals surface area contributed by atoms with Gasteiger partial charge in [0.1, 0.15) is 11.5 Å². The quantitative estimate of drug-likeness (QED) is 0.135. The maximum Gasteiger partial charge on any atom is 0.256 e. The first-order chi connectivity index (χ1) is 30.7. The molecule has 62 heavy (non-hydrogen) atoms. The van der Waals surface area contributed by atoms with Crippen LogP contribution in [0.25, 0.3) is 0 Å². The standard InChI is InChI=1S/C56H47B2N3O/c1-3-5-20-38-32-50-55-51(33-38)61(42-26-14-9-15-27-42)49-37-53-46(36-45(49)57(55)43-28-16-18-30-47(43)59(50)40-22-10-7-11-23-40)58-44-29-17-19-31-48(44)60(41-24-12-8-13-25-41)52-34-39(21-6-4-2)35-54(62-53)56(52)58/h7-19,22-37H,3-6,20-21H2,1-2H3. The molecule has 0 radical (unpaired) electrons. The van der Waals surface area contributed by atoms with Gasteiger partial charge in [-0.05, 0) is 142 Å². The van der Waals surface area contributed by atoms with Gasteiger partial charge in [-0.3, -0.25) is 0 Å². The molecule has 298 valence electrons. The topological polar surface area (TPSA) is 19.0 Å². The molecule has 0 spiro atoms. The third-order valence-corrected chi connectivity index (χ3v) is 13.6. The van der Waals surface area contributed by atoms with Crippen LogP contribution in [-0.2, 0) is 12.8 Å². The largest absolute Gasteiger partial charge is 0.458 e. The number of aryl methyl sites for hydroxylation is 2. The number of hydrogen-bond donors (Lipinski definition) is 0. The van der Waals surface area contributed by atoms with E-state index in [4.69, 9.17) is 4.74 Å². The Hall–Kier alpha value is -6.91. The Labute approximate surface area is 366 Å². The highest BCUT2D eigenvalue weighted by atomic mass is 16.5. The number of nitrogens with zero attached hydrogens (tertiary/aromatic N) is 3. The molecule has 4 heterocycles. The highest BCUT2D eigenvalue weighted by molar-refractivity contribution is 7.02. The second kappa shape index (κ2) is 14.9. The van der Waals surface area contributed by atoms with Crippen molar-refractivity contribution in [3.05, 3.63) is 187 Å². The van der Waals surface area contributed by atoms with E-state index in [0.29, 0.717) is 0 Å². The molecule has 8 aromatic carbocycles. The minimum Gasteiger partial charge on any atom is -0.458 e. The second-order valence-corrected chi connectivity index (χ2v) is 17.3. The summed E-state index contributed by atoms with van der Waals surface area (Å²) < 4.78 is 7.35. The second-order valence-electron chi connectivity index (χ2n) is 17.3. The summed E-state index contributed by atoms with van der Waals surface area (Å²) in [5, 5.41) is 0. The van der Waals surface area contributed by atoms with E-state index in [-0.39, 0.29) is 13.4 Å². The number of benzene rings is 8. The number of fused-ring (bicyclic) bond motifs is 8. The molecule has 4 aliphatic heterocycles. The van der Waals surface area contributed by atoms with Crippen LogP contribution in [0, 0.1) is 0 Å². The number of ether oxygens (including phenoxy) is 1. The first-order valence-electron chi connectivity index (χ1n) is 22.6. The van der Waals surface area contributed by atoms with Crippen molar-refractivity contribution in [1.29, 1.82) is 0 Å². The van der Waals surface area contributed by atoms with Crippen LogP contribution < -0.4 is 52.2 Å². The third kappa shape index (κ3) is 5.69. The summed E-state index contributed by atoms with van der Waals surface area (Å²) in [6.07, 6.45) is 6.59. The number of anilines is 9. The Morgan fingerprint density at radius 2 is 0.806 bits per heavy atom. The van der Waals surface area contributed by atoms with Crippen LogP contribution in [0.15, 0.2) is 176 Å². The molecule has 6 heteroatoms. The average molecular weight is 800 g/mol. The zero-order chi connectivity index (χ0) is 41.3. The summed E-state index contributed by atoms with van der Waals surface area (Å²) in [6.45, 7) is 4.57. The van der Waals surface area contributed by atoms with Crippen LogP contribution >= 0.6 is 0 Å². The summed E-state index contributed by atoms with van der Waals surface area (Å²) in [5.74, 6) is 1.90. The van der Waals surface area contributed by atoms with Crippen molar-refractivity contribution in [2.45, 2.75) is 52.4 Å². The summed E-state index contributed by atoms with van der Waals surface area (Å²) in [6, 6.07) is 65.7. The first kappa shape index (κ1) is 36.9. The lowest BCUT2D eigenvalue weighted by molar-refractivity contribution is 0.487. The van der Waals surface area contributed by atoms with Crippen LogP contribution in [0.1, 0.15) is 50.7 Å². The van der Waals surface area contributed by atoms with Gasteiger partial charge >= 0.3 is 0 Å². The molecule has 0 aromatic heterocycles. The Bertz CT molecular complexity index is 3010. The zero-order valence-electron chi connectivity index (χ0n) is 35.4. The van der Waals surface area contributed by atoms with Crippen molar-refractivity contribution in [2.75, 3.05) is 14.7 Å². The molecule has 0 saturated carbocycles. The van der Waals surface area contributed by atoms with Crippen LogP contribution in [0.2, 0.25) is 0 Å². The number of unbranched alkanes of at least 4 members (excludes halogenated alkanes) is 2. The summed E-state index contributed by atoms with van der Waals surface area (Å²) in [4.78, 5) is 7.52. The first-order valence-corrected chi connectivity index (χ1v) is 22.6. The lowest BCUT2D eigenvalue weighted by Crippen LogP contribution is -2.64. The van der Waals surface area contributed by atoms with Crippen LogP contribution in [0.4, 0.5) is 51.2 Å². The van der Waals surface area contributed by atoms with Gasteiger partial charge in [-0.1, -0.05) is 124 Å². The fraction of sp³-hybridized carbons (Fsp3) is 0.143. The van der Waals surface area contributed by atoms with Crippen molar-refractivity contribution in [3.63, 3.8) is 0 Å². The minimum absolute atomic E-state index is 0.00690. The van der Waals surface area contributed by atoms with E-state index in [0.717, 1.165) is 61.4 Å². The fourth-order valence-corrected chi connectivity index (χ4v) is 10.9. The monoisotopic (exact) mass is 799 g/mol. The number of rotatable bonds is 9. The molecule has 0 aliphatic carbocycles. The van der Waals surface area contributed by atoms with Crippen LogP contribution in [0.3, 0.4) is 0 Å². The molecule has 0 bridgehead atoms. The Balaban J connectivity index is 1.14. The van der Waals surface area contributed by atoms with E-state index in [1.54, 1.807) is 0 Å².